The molecule has 0 radical (unpaired) electrons. The first-order chi connectivity index (χ1) is 7.45. The molecule has 0 bridgehead atoms. The minimum absolute atomic E-state index is 0.128. The quantitative estimate of drug-likeness (QED) is 0.669. The van der Waals surface area contributed by atoms with Crippen molar-refractivity contribution < 1.29 is 5.11 Å². The fraction of sp³-hybridized carbons (Fsp3) is 0.867. The Morgan fingerprint density at radius 2 is 2.06 bits per heavy atom. The van der Waals surface area contributed by atoms with Crippen molar-refractivity contribution in [2.24, 2.45) is 22.7 Å². The van der Waals surface area contributed by atoms with Crippen LogP contribution in [0.1, 0.15) is 53.4 Å². The third kappa shape index (κ3) is 1.48. The number of aliphatic hydroxyl groups excluding tert-OH is 1. The van der Waals surface area contributed by atoms with Crippen LogP contribution in [0, 0.1) is 22.7 Å². The Bertz CT molecular complexity index is 307. The summed E-state index contributed by atoms with van der Waals surface area (Å²) in [6.07, 6.45) is 7.44. The maximum atomic E-state index is 9.84. The minimum atomic E-state index is 0.128. The number of hydrogen-bond donors (Lipinski definition) is 1. The van der Waals surface area contributed by atoms with Crippen molar-refractivity contribution in [3.63, 3.8) is 0 Å². The molecule has 4 atom stereocenters. The second kappa shape index (κ2) is 3.87. The van der Waals surface area contributed by atoms with Crippen LogP contribution in [0.3, 0.4) is 0 Å². The lowest BCUT2D eigenvalue weighted by Gasteiger charge is -2.57. The first-order valence-electron chi connectivity index (χ1n) is 6.73. The fourth-order valence-electron chi connectivity index (χ4n) is 4.18. The molecule has 2 aliphatic rings. The zero-order chi connectivity index (χ0) is 12.0. The molecule has 1 fully saturated rings. The van der Waals surface area contributed by atoms with Gasteiger partial charge in [0, 0.05) is 6.61 Å². The summed E-state index contributed by atoms with van der Waals surface area (Å²) in [5.74, 6) is 1.32. The molecule has 0 saturated heterocycles. The van der Waals surface area contributed by atoms with E-state index < -0.39 is 0 Å². The molecule has 0 spiro atoms. The van der Waals surface area contributed by atoms with E-state index in [1.807, 2.05) is 0 Å². The van der Waals surface area contributed by atoms with Crippen LogP contribution in [0.2, 0.25) is 0 Å². The van der Waals surface area contributed by atoms with Crippen molar-refractivity contribution >= 4 is 0 Å². The Labute approximate surface area is 99.9 Å². The Hall–Kier alpha value is -0.300. The molecule has 1 N–H and O–H groups in total. The zero-order valence-electron chi connectivity index (χ0n) is 11.2. The van der Waals surface area contributed by atoms with E-state index in [1.54, 1.807) is 5.57 Å². The average Bonchev–Trinajstić information content (AvgIpc) is 2.27. The van der Waals surface area contributed by atoms with Gasteiger partial charge in [-0.15, -0.1) is 0 Å². The summed E-state index contributed by atoms with van der Waals surface area (Å²) in [4.78, 5) is 0. The molecule has 1 heteroatoms. The van der Waals surface area contributed by atoms with Crippen LogP contribution in [-0.2, 0) is 0 Å². The minimum Gasteiger partial charge on any atom is -0.396 e. The lowest BCUT2D eigenvalue weighted by Crippen LogP contribution is -2.51. The second-order valence-corrected chi connectivity index (χ2v) is 6.54. The summed E-state index contributed by atoms with van der Waals surface area (Å²) >= 11 is 0. The average molecular weight is 222 g/mol. The van der Waals surface area contributed by atoms with Gasteiger partial charge in [-0.3, -0.25) is 0 Å². The van der Waals surface area contributed by atoms with Gasteiger partial charge in [0.25, 0.3) is 0 Å². The van der Waals surface area contributed by atoms with Gasteiger partial charge < -0.3 is 5.11 Å². The SMILES string of the molecule is CC1=CCC[C@@H]2[C@@](C)(CO)[C@H](C)CC[C@@]12C. The smallest absolute Gasteiger partial charge is 0.0490 e. The standard InChI is InChI=1S/C15H26O/c1-11-6-5-7-13-14(11,3)9-8-12(2)15(13,4)10-16/h6,12-13,16H,5,7-10H2,1-4H3/t12-,13+,14+,15+/m1/s1. The predicted molar refractivity (Wildman–Crippen MR) is 68.2 cm³/mol. The number of allylic oxidation sites excluding steroid dienone is 2. The van der Waals surface area contributed by atoms with Gasteiger partial charge in [0.2, 0.25) is 0 Å². The summed E-state index contributed by atoms with van der Waals surface area (Å²) in [6.45, 7) is 9.69. The van der Waals surface area contributed by atoms with Crippen LogP contribution < -0.4 is 0 Å². The Morgan fingerprint density at radius 3 is 2.69 bits per heavy atom. The van der Waals surface area contributed by atoms with Gasteiger partial charge in [0.05, 0.1) is 0 Å². The molecule has 0 aliphatic heterocycles. The highest BCUT2D eigenvalue weighted by molar-refractivity contribution is 5.20. The van der Waals surface area contributed by atoms with Crippen molar-refractivity contribution in [3.8, 4) is 0 Å². The van der Waals surface area contributed by atoms with Crippen LogP contribution in [0.15, 0.2) is 11.6 Å². The Morgan fingerprint density at radius 1 is 1.38 bits per heavy atom. The Balaban J connectivity index is 2.40. The first-order valence-corrected chi connectivity index (χ1v) is 6.73. The van der Waals surface area contributed by atoms with Gasteiger partial charge in [-0.2, -0.15) is 0 Å². The third-order valence-electron chi connectivity index (χ3n) is 5.94. The van der Waals surface area contributed by atoms with E-state index >= 15 is 0 Å². The van der Waals surface area contributed by atoms with E-state index in [9.17, 15) is 5.11 Å². The van der Waals surface area contributed by atoms with Gasteiger partial charge in [-0.1, -0.05) is 32.4 Å². The predicted octanol–water partition coefficient (Wildman–Crippen LogP) is 3.78. The highest BCUT2D eigenvalue weighted by atomic mass is 16.3. The third-order valence-corrected chi connectivity index (χ3v) is 5.94. The molecule has 2 aliphatic carbocycles. The van der Waals surface area contributed by atoms with E-state index in [2.05, 4.69) is 33.8 Å². The van der Waals surface area contributed by atoms with Gasteiger partial charge in [0.15, 0.2) is 0 Å². The summed E-state index contributed by atoms with van der Waals surface area (Å²) in [7, 11) is 0. The lowest BCUT2D eigenvalue weighted by atomic mass is 9.48. The number of fused-ring (bicyclic) bond motifs is 1. The molecule has 92 valence electrons. The molecule has 0 unspecified atom stereocenters. The lowest BCUT2D eigenvalue weighted by molar-refractivity contribution is -0.0738. The molecule has 0 heterocycles. The maximum Gasteiger partial charge on any atom is 0.0490 e. The van der Waals surface area contributed by atoms with Crippen molar-refractivity contribution in [2.45, 2.75) is 53.4 Å². The summed E-state index contributed by atoms with van der Waals surface area (Å²) in [5, 5.41) is 9.84. The van der Waals surface area contributed by atoms with Gasteiger partial charge in [-0.25, -0.2) is 0 Å². The van der Waals surface area contributed by atoms with Crippen molar-refractivity contribution in [3.05, 3.63) is 11.6 Å². The van der Waals surface area contributed by atoms with Crippen LogP contribution in [0.4, 0.5) is 0 Å². The molecular formula is C15H26O. The van der Waals surface area contributed by atoms with E-state index in [-0.39, 0.29) is 5.41 Å². The normalized spacial score (nSPS) is 48.4. The summed E-state index contributed by atoms with van der Waals surface area (Å²) in [6, 6.07) is 0. The van der Waals surface area contributed by atoms with Crippen LogP contribution in [-0.4, -0.2) is 11.7 Å². The maximum absolute atomic E-state index is 9.84. The van der Waals surface area contributed by atoms with E-state index in [0.29, 0.717) is 23.9 Å². The van der Waals surface area contributed by atoms with Crippen LogP contribution in [0.25, 0.3) is 0 Å². The topological polar surface area (TPSA) is 20.2 Å². The molecule has 0 aromatic rings. The van der Waals surface area contributed by atoms with E-state index in [1.165, 1.54) is 25.7 Å². The van der Waals surface area contributed by atoms with E-state index in [4.69, 9.17) is 0 Å². The molecule has 0 amide bonds. The van der Waals surface area contributed by atoms with Crippen LogP contribution >= 0.6 is 0 Å². The number of hydrogen-bond acceptors (Lipinski definition) is 1. The molecular weight excluding hydrogens is 196 g/mol. The van der Waals surface area contributed by atoms with Crippen LogP contribution in [0.5, 0.6) is 0 Å². The molecule has 2 rings (SSSR count). The molecule has 1 nitrogen and oxygen atoms in total. The monoisotopic (exact) mass is 222 g/mol. The van der Waals surface area contributed by atoms with Crippen molar-refractivity contribution in [2.75, 3.05) is 6.61 Å². The highest BCUT2D eigenvalue weighted by Crippen LogP contribution is 2.59. The molecule has 1 saturated carbocycles. The van der Waals surface area contributed by atoms with E-state index in [0.717, 1.165) is 0 Å². The zero-order valence-corrected chi connectivity index (χ0v) is 11.2. The fourth-order valence-corrected chi connectivity index (χ4v) is 4.18. The van der Waals surface area contributed by atoms with Gasteiger partial charge in [0.1, 0.15) is 0 Å². The first kappa shape index (κ1) is 12.2. The highest BCUT2D eigenvalue weighted by Gasteiger charge is 2.52. The molecule has 0 aromatic heterocycles. The summed E-state index contributed by atoms with van der Waals surface area (Å²) in [5.41, 5.74) is 2.04. The second-order valence-electron chi connectivity index (χ2n) is 6.54. The molecule has 16 heavy (non-hydrogen) atoms. The van der Waals surface area contributed by atoms with Crippen molar-refractivity contribution in [1.29, 1.82) is 0 Å². The summed E-state index contributed by atoms with van der Waals surface area (Å²) < 4.78 is 0. The Kier molecular flexibility index (Phi) is 2.94. The number of rotatable bonds is 1. The molecule has 0 aromatic carbocycles. The van der Waals surface area contributed by atoms with Gasteiger partial charge >= 0.3 is 0 Å². The largest absolute Gasteiger partial charge is 0.396 e. The number of aliphatic hydroxyl groups is 1. The van der Waals surface area contributed by atoms with Gasteiger partial charge in [-0.05, 0) is 55.3 Å². The van der Waals surface area contributed by atoms with Crippen molar-refractivity contribution in [1.82, 2.24) is 0 Å².